The topological polar surface area (TPSA) is 30.0 Å². The second-order valence-corrected chi connectivity index (χ2v) is 5.83. The molecular formula is C18H18FNO. The van der Waals surface area contributed by atoms with Crippen molar-refractivity contribution in [2.75, 3.05) is 0 Å². The van der Waals surface area contributed by atoms with Crippen LogP contribution in [-0.2, 0) is 0 Å². The van der Waals surface area contributed by atoms with Gasteiger partial charge in [0.25, 0.3) is 0 Å². The molecule has 1 aromatic carbocycles. The zero-order valence-electron chi connectivity index (χ0n) is 12.1. The van der Waals surface area contributed by atoms with Crippen LogP contribution in [0.2, 0.25) is 0 Å². The van der Waals surface area contributed by atoms with Crippen molar-refractivity contribution in [3.05, 3.63) is 65.7 Å². The van der Waals surface area contributed by atoms with Crippen molar-refractivity contribution in [1.82, 2.24) is 4.98 Å². The number of rotatable bonds is 4. The Balaban J connectivity index is 1.93. The van der Waals surface area contributed by atoms with Gasteiger partial charge in [0.05, 0.1) is 0 Å². The first kappa shape index (κ1) is 13.9. The number of carbonyl (C=O) groups is 1. The van der Waals surface area contributed by atoms with E-state index >= 15 is 0 Å². The molecular weight excluding hydrogens is 265 g/mol. The number of hydrogen-bond donors (Lipinski definition) is 0. The predicted octanol–water partition coefficient (Wildman–Crippen LogP) is 4.38. The minimum atomic E-state index is -0.383. The lowest BCUT2D eigenvalue weighted by Gasteiger charge is -2.45. The van der Waals surface area contributed by atoms with Crippen LogP contribution in [0.15, 0.2) is 48.7 Å². The lowest BCUT2D eigenvalue weighted by molar-refractivity contribution is 0.0522. The summed E-state index contributed by atoms with van der Waals surface area (Å²) in [6, 6.07) is 11.9. The molecule has 1 saturated carbocycles. The minimum absolute atomic E-state index is 0.0707. The van der Waals surface area contributed by atoms with Crippen molar-refractivity contribution in [1.29, 1.82) is 0 Å². The molecule has 108 valence electrons. The Morgan fingerprint density at radius 3 is 2.43 bits per heavy atom. The molecule has 0 aliphatic heterocycles. The van der Waals surface area contributed by atoms with Gasteiger partial charge in [0.2, 0.25) is 0 Å². The SMILES string of the molecule is CC(c1ccc(F)cc1)C1(C(=O)c2ccccn2)CCC1. The second-order valence-electron chi connectivity index (χ2n) is 5.83. The van der Waals surface area contributed by atoms with E-state index in [1.807, 2.05) is 12.1 Å². The van der Waals surface area contributed by atoms with E-state index in [9.17, 15) is 9.18 Å². The predicted molar refractivity (Wildman–Crippen MR) is 79.7 cm³/mol. The van der Waals surface area contributed by atoms with Crippen LogP contribution in [0.4, 0.5) is 4.39 Å². The highest BCUT2D eigenvalue weighted by molar-refractivity contribution is 6.00. The molecule has 0 radical (unpaired) electrons. The summed E-state index contributed by atoms with van der Waals surface area (Å²) < 4.78 is 13.1. The molecule has 1 unspecified atom stereocenters. The Bertz CT molecular complexity index is 632. The molecule has 0 bridgehead atoms. The lowest BCUT2D eigenvalue weighted by Crippen LogP contribution is -2.42. The van der Waals surface area contributed by atoms with Gasteiger partial charge in [-0.15, -0.1) is 0 Å². The summed E-state index contributed by atoms with van der Waals surface area (Å²) in [4.78, 5) is 17.1. The number of ketones is 1. The fourth-order valence-corrected chi connectivity index (χ4v) is 3.24. The largest absolute Gasteiger partial charge is 0.292 e. The van der Waals surface area contributed by atoms with Gasteiger partial charge in [-0.25, -0.2) is 4.39 Å². The Labute approximate surface area is 124 Å². The van der Waals surface area contributed by atoms with Crippen LogP contribution in [0.25, 0.3) is 0 Å². The molecule has 0 N–H and O–H groups in total. The molecule has 2 aromatic rings. The molecule has 0 amide bonds. The van der Waals surface area contributed by atoms with Crippen LogP contribution >= 0.6 is 0 Å². The van der Waals surface area contributed by atoms with Gasteiger partial charge in [-0.05, 0) is 48.6 Å². The summed E-state index contributed by atoms with van der Waals surface area (Å²) >= 11 is 0. The molecule has 1 heterocycles. The van der Waals surface area contributed by atoms with E-state index in [4.69, 9.17) is 0 Å². The van der Waals surface area contributed by atoms with Crippen molar-refractivity contribution in [3.63, 3.8) is 0 Å². The average molecular weight is 283 g/mol. The molecule has 3 heteroatoms. The highest BCUT2D eigenvalue weighted by Crippen LogP contribution is 2.53. The van der Waals surface area contributed by atoms with E-state index in [-0.39, 0.29) is 22.9 Å². The van der Waals surface area contributed by atoms with Gasteiger partial charge >= 0.3 is 0 Å². The summed E-state index contributed by atoms with van der Waals surface area (Å²) in [5, 5.41) is 0. The minimum Gasteiger partial charge on any atom is -0.292 e. The zero-order valence-corrected chi connectivity index (χ0v) is 12.1. The number of carbonyl (C=O) groups excluding carboxylic acids is 1. The smallest absolute Gasteiger partial charge is 0.187 e. The number of halogens is 1. The lowest BCUT2D eigenvalue weighted by atomic mass is 9.57. The summed E-state index contributed by atoms with van der Waals surface area (Å²) in [6.45, 7) is 2.06. The van der Waals surface area contributed by atoms with Crippen LogP contribution in [0, 0.1) is 11.2 Å². The Morgan fingerprint density at radius 1 is 1.19 bits per heavy atom. The zero-order chi connectivity index (χ0) is 14.9. The molecule has 1 fully saturated rings. The van der Waals surface area contributed by atoms with Crippen LogP contribution in [0.3, 0.4) is 0 Å². The second kappa shape index (κ2) is 5.40. The van der Waals surface area contributed by atoms with Gasteiger partial charge in [0, 0.05) is 11.6 Å². The highest BCUT2D eigenvalue weighted by atomic mass is 19.1. The van der Waals surface area contributed by atoms with Crippen molar-refractivity contribution < 1.29 is 9.18 Å². The Hall–Kier alpha value is -2.03. The first-order valence-electron chi connectivity index (χ1n) is 7.35. The van der Waals surface area contributed by atoms with E-state index in [1.54, 1.807) is 24.4 Å². The fraction of sp³-hybridized carbons (Fsp3) is 0.333. The van der Waals surface area contributed by atoms with E-state index in [0.29, 0.717) is 5.69 Å². The molecule has 3 rings (SSSR count). The van der Waals surface area contributed by atoms with E-state index in [2.05, 4.69) is 11.9 Å². The molecule has 1 aliphatic rings. The van der Waals surface area contributed by atoms with Crippen LogP contribution in [0.5, 0.6) is 0 Å². The number of pyridine rings is 1. The van der Waals surface area contributed by atoms with Crippen molar-refractivity contribution in [3.8, 4) is 0 Å². The first-order valence-corrected chi connectivity index (χ1v) is 7.35. The summed E-state index contributed by atoms with van der Waals surface area (Å²) in [6.07, 6.45) is 4.47. The van der Waals surface area contributed by atoms with Gasteiger partial charge in [0.15, 0.2) is 5.78 Å². The van der Waals surface area contributed by atoms with Crippen molar-refractivity contribution in [2.24, 2.45) is 5.41 Å². The molecule has 21 heavy (non-hydrogen) atoms. The summed E-state index contributed by atoms with van der Waals surface area (Å²) in [7, 11) is 0. The van der Waals surface area contributed by atoms with E-state index < -0.39 is 0 Å². The third-order valence-corrected chi connectivity index (χ3v) is 4.79. The van der Waals surface area contributed by atoms with Gasteiger partial charge in [-0.2, -0.15) is 0 Å². The third kappa shape index (κ3) is 2.37. The fourth-order valence-electron chi connectivity index (χ4n) is 3.24. The number of benzene rings is 1. The molecule has 0 spiro atoms. The van der Waals surface area contributed by atoms with Crippen LogP contribution in [-0.4, -0.2) is 10.8 Å². The average Bonchev–Trinajstić information content (AvgIpc) is 2.47. The standard InChI is InChI=1S/C18H18FNO/c1-13(14-6-8-15(19)9-7-14)18(10-4-11-18)17(21)16-5-2-3-12-20-16/h2-3,5-9,12-13H,4,10-11H2,1H3. The van der Waals surface area contributed by atoms with Gasteiger partial charge in [-0.1, -0.05) is 31.5 Å². The Morgan fingerprint density at radius 2 is 1.90 bits per heavy atom. The molecule has 1 aromatic heterocycles. The quantitative estimate of drug-likeness (QED) is 0.779. The molecule has 0 saturated heterocycles. The number of hydrogen-bond acceptors (Lipinski definition) is 2. The van der Waals surface area contributed by atoms with E-state index in [1.165, 1.54) is 12.1 Å². The van der Waals surface area contributed by atoms with Gasteiger partial charge < -0.3 is 0 Å². The maximum absolute atomic E-state index is 13.1. The summed E-state index contributed by atoms with van der Waals surface area (Å²) in [5.74, 6) is -0.0582. The molecule has 2 nitrogen and oxygen atoms in total. The number of aromatic nitrogens is 1. The van der Waals surface area contributed by atoms with Gasteiger partial charge in [-0.3, -0.25) is 9.78 Å². The van der Waals surface area contributed by atoms with Gasteiger partial charge in [0.1, 0.15) is 11.5 Å². The van der Waals surface area contributed by atoms with Crippen molar-refractivity contribution >= 4 is 5.78 Å². The molecule has 1 aliphatic carbocycles. The summed E-state index contributed by atoms with van der Waals surface area (Å²) in [5.41, 5.74) is 1.16. The third-order valence-electron chi connectivity index (χ3n) is 4.79. The van der Waals surface area contributed by atoms with Crippen molar-refractivity contribution in [2.45, 2.75) is 32.1 Å². The number of Topliss-reactive ketones (excluding diaryl/α,β-unsaturated/α-hetero) is 1. The van der Waals surface area contributed by atoms with E-state index in [0.717, 1.165) is 24.8 Å². The monoisotopic (exact) mass is 283 g/mol. The molecule has 1 atom stereocenters. The normalized spacial score (nSPS) is 17.8. The maximum Gasteiger partial charge on any atom is 0.187 e. The highest BCUT2D eigenvalue weighted by Gasteiger charge is 2.49. The van der Waals surface area contributed by atoms with Crippen LogP contribution < -0.4 is 0 Å². The van der Waals surface area contributed by atoms with Crippen LogP contribution in [0.1, 0.15) is 48.2 Å². The first-order chi connectivity index (χ1) is 10.1. The maximum atomic E-state index is 13.1. The number of nitrogens with zero attached hydrogens (tertiary/aromatic N) is 1. The Kier molecular flexibility index (Phi) is 3.58.